The molecule has 1 spiro atoms. The van der Waals surface area contributed by atoms with Crippen molar-refractivity contribution < 1.29 is 14.3 Å². The Kier molecular flexibility index (Phi) is 26.5. The van der Waals surface area contributed by atoms with Gasteiger partial charge in [-0.3, -0.25) is 9.79 Å². The Balaban J connectivity index is 1.05. The largest absolute Gasteiger partial charge is 0.461 e. The molecular formula is C62H97BrN2O3. The quantitative estimate of drug-likeness (QED) is 0.0422. The molecule has 0 fully saturated rings. The highest BCUT2D eigenvalue weighted by Gasteiger charge is 2.59. The van der Waals surface area contributed by atoms with E-state index >= 15 is 0 Å². The lowest BCUT2D eigenvalue weighted by Gasteiger charge is -2.46. The zero-order chi connectivity index (χ0) is 48.1. The van der Waals surface area contributed by atoms with Crippen molar-refractivity contribution in [2.45, 2.75) is 277 Å². The summed E-state index contributed by atoms with van der Waals surface area (Å²) in [5, 5.41) is 2.09. The van der Waals surface area contributed by atoms with Crippen LogP contribution in [0.1, 0.15) is 270 Å². The van der Waals surface area contributed by atoms with Crippen molar-refractivity contribution in [3.63, 3.8) is 0 Å². The lowest BCUT2D eigenvalue weighted by molar-refractivity contribution is -0.145. The first-order valence-corrected chi connectivity index (χ1v) is 29.6. The Labute approximate surface area is 425 Å². The summed E-state index contributed by atoms with van der Waals surface area (Å²) >= 11 is 3.69. The average molecular weight is 998 g/mol. The predicted molar refractivity (Wildman–Crippen MR) is 297 cm³/mol. The number of hydrogen-bond acceptors (Lipinski definition) is 5. The predicted octanol–water partition coefficient (Wildman–Crippen LogP) is 20.3. The SMILES string of the molecule is CCCCCCCCCCCCCCCCCCCCCC(=O)OCc1cc2cc(Br)ccc2c2c1OC1(C=N2)N(CCCCCCCCCCCCCCCCCC)c2ccccc2C1(C)C. The smallest absolute Gasteiger partial charge is 0.306 e. The van der Waals surface area contributed by atoms with Crippen LogP contribution in [0.15, 0.2) is 58.0 Å². The summed E-state index contributed by atoms with van der Waals surface area (Å²) in [6.45, 7) is 10.3. The molecule has 0 aromatic heterocycles. The van der Waals surface area contributed by atoms with E-state index in [0.29, 0.717) is 6.42 Å². The standard InChI is InChI=1S/C62H97BrN2O3/c1-5-7-9-11-13-15-17-19-21-23-24-25-26-28-30-32-34-36-38-44-58(66)67-50-53-48-52-49-54(63)45-46-55(52)59-60(53)68-62(51-64-59)61(3,4)56-42-39-40-43-57(56)65(62)47-41-37-35-33-31-29-27-22-20-18-16-14-12-10-8-6-2/h39-40,42-43,45-46,48-49,51H,5-38,41,44,47,50H2,1-4H3. The lowest BCUT2D eigenvalue weighted by atomic mass is 9.77. The average Bonchev–Trinajstić information content (AvgIpc) is 3.51. The highest BCUT2D eigenvalue weighted by Crippen LogP contribution is 2.56. The molecule has 2 aliphatic rings. The van der Waals surface area contributed by atoms with Crippen LogP contribution in [0.2, 0.25) is 0 Å². The number of para-hydroxylation sites is 1. The summed E-state index contributed by atoms with van der Waals surface area (Å²) < 4.78 is 14.5. The first-order valence-electron chi connectivity index (χ1n) is 28.8. The van der Waals surface area contributed by atoms with Crippen LogP contribution in [0.3, 0.4) is 0 Å². The Hall–Kier alpha value is -2.86. The number of aliphatic imine (C=N–C) groups is 1. The van der Waals surface area contributed by atoms with Crippen LogP contribution in [-0.2, 0) is 21.6 Å². The maximum Gasteiger partial charge on any atom is 0.306 e. The Morgan fingerprint density at radius 2 is 1.04 bits per heavy atom. The van der Waals surface area contributed by atoms with Crippen molar-refractivity contribution in [1.82, 2.24) is 0 Å². The van der Waals surface area contributed by atoms with Crippen molar-refractivity contribution in [2.75, 3.05) is 11.4 Å². The third-order valence-electron chi connectivity index (χ3n) is 15.5. The van der Waals surface area contributed by atoms with Crippen LogP contribution < -0.4 is 9.64 Å². The van der Waals surface area contributed by atoms with Gasteiger partial charge in [-0.25, -0.2) is 0 Å². The van der Waals surface area contributed by atoms with Crippen molar-refractivity contribution >= 4 is 50.3 Å². The summed E-state index contributed by atoms with van der Waals surface area (Å²) in [7, 11) is 0. The van der Waals surface area contributed by atoms with Crippen molar-refractivity contribution in [3.05, 3.63) is 64.1 Å². The molecule has 0 radical (unpaired) electrons. The minimum absolute atomic E-state index is 0.132. The van der Waals surface area contributed by atoms with Gasteiger partial charge in [0.15, 0.2) is 5.75 Å². The maximum absolute atomic E-state index is 13.3. The lowest BCUT2D eigenvalue weighted by Crippen LogP contribution is -2.62. The van der Waals surface area contributed by atoms with Gasteiger partial charge in [0.05, 0.1) is 11.6 Å². The fourth-order valence-corrected chi connectivity index (χ4v) is 11.5. The molecule has 0 bridgehead atoms. The zero-order valence-corrected chi connectivity index (χ0v) is 45.6. The molecule has 0 N–H and O–H groups in total. The molecule has 5 nitrogen and oxygen atoms in total. The summed E-state index contributed by atoms with van der Waals surface area (Å²) in [4.78, 5) is 21.1. The molecule has 2 aliphatic heterocycles. The first kappa shape index (κ1) is 56.1. The summed E-state index contributed by atoms with van der Waals surface area (Å²) in [5.41, 5.74) is 3.01. The minimum Gasteiger partial charge on any atom is -0.461 e. The molecule has 380 valence electrons. The van der Waals surface area contributed by atoms with Crippen molar-refractivity contribution in [1.29, 1.82) is 0 Å². The summed E-state index contributed by atoms with van der Waals surface area (Å²) in [6.07, 6.45) is 49.7. The molecule has 0 saturated heterocycles. The van der Waals surface area contributed by atoms with Crippen LogP contribution in [0.4, 0.5) is 11.4 Å². The van der Waals surface area contributed by atoms with E-state index in [1.807, 2.05) is 0 Å². The molecule has 1 atom stereocenters. The minimum atomic E-state index is -0.812. The molecule has 5 rings (SSSR count). The number of ether oxygens (including phenoxy) is 2. The normalized spacial score (nSPS) is 15.9. The van der Waals surface area contributed by atoms with Gasteiger partial charge in [0.1, 0.15) is 12.3 Å². The topological polar surface area (TPSA) is 51.1 Å². The van der Waals surface area contributed by atoms with Crippen molar-refractivity contribution in [3.8, 4) is 5.75 Å². The van der Waals surface area contributed by atoms with Gasteiger partial charge in [0, 0.05) is 34.1 Å². The van der Waals surface area contributed by atoms with Gasteiger partial charge in [0.2, 0.25) is 5.72 Å². The Morgan fingerprint density at radius 3 is 1.54 bits per heavy atom. The number of fused-ring (bicyclic) bond motifs is 4. The molecule has 2 heterocycles. The van der Waals surface area contributed by atoms with E-state index in [-0.39, 0.29) is 18.0 Å². The molecule has 0 saturated carbocycles. The van der Waals surface area contributed by atoms with E-state index < -0.39 is 5.72 Å². The Bertz CT molecular complexity index is 1890. The van der Waals surface area contributed by atoms with Crippen LogP contribution >= 0.6 is 15.9 Å². The molecule has 6 heteroatoms. The molecule has 0 aliphatic carbocycles. The van der Waals surface area contributed by atoms with E-state index in [1.165, 1.54) is 217 Å². The number of esters is 1. The first-order chi connectivity index (χ1) is 33.3. The van der Waals surface area contributed by atoms with E-state index in [2.05, 4.69) is 103 Å². The number of halogens is 1. The second-order valence-corrected chi connectivity index (χ2v) is 22.4. The van der Waals surface area contributed by atoms with E-state index in [4.69, 9.17) is 14.5 Å². The number of rotatable bonds is 39. The number of anilines is 1. The van der Waals surface area contributed by atoms with Gasteiger partial charge in [-0.2, -0.15) is 0 Å². The van der Waals surface area contributed by atoms with Crippen molar-refractivity contribution in [2.24, 2.45) is 4.99 Å². The molecule has 1 unspecified atom stereocenters. The van der Waals surface area contributed by atoms with E-state index in [1.54, 1.807) is 0 Å². The number of unbranched alkanes of at least 4 members (excludes halogenated alkanes) is 33. The number of carbonyl (C=O) groups is 1. The Morgan fingerprint density at radius 1 is 0.588 bits per heavy atom. The van der Waals surface area contributed by atoms with Gasteiger partial charge in [-0.15, -0.1) is 0 Å². The fourth-order valence-electron chi connectivity index (χ4n) is 11.1. The van der Waals surface area contributed by atoms with Gasteiger partial charge in [-0.1, -0.05) is 266 Å². The monoisotopic (exact) mass is 997 g/mol. The number of hydrogen-bond donors (Lipinski definition) is 0. The van der Waals surface area contributed by atoms with Gasteiger partial charge < -0.3 is 14.4 Å². The van der Waals surface area contributed by atoms with Crippen LogP contribution in [0.5, 0.6) is 5.75 Å². The second-order valence-electron chi connectivity index (χ2n) is 21.5. The molecule has 0 amide bonds. The molecule has 3 aromatic carbocycles. The zero-order valence-electron chi connectivity index (χ0n) is 44.1. The van der Waals surface area contributed by atoms with E-state index in [9.17, 15) is 4.79 Å². The van der Waals surface area contributed by atoms with E-state index in [0.717, 1.165) is 58.1 Å². The van der Waals surface area contributed by atoms with Crippen LogP contribution in [0.25, 0.3) is 10.8 Å². The second kappa shape index (κ2) is 32.2. The third kappa shape index (κ3) is 17.8. The number of nitrogens with zero attached hydrogens (tertiary/aromatic N) is 2. The van der Waals surface area contributed by atoms with Crippen LogP contribution in [-0.4, -0.2) is 24.5 Å². The molecule has 68 heavy (non-hydrogen) atoms. The summed E-state index contributed by atoms with van der Waals surface area (Å²) in [5.74, 6) is 0.601. The van der Waals surface area contributed by atoms with Gasteiger partial charge in [-0.05, 0) is 61.9 Å². The number of carbonyl (C=O) groups excluding carboxylic acids is 1. The highest BCUT2D eigenvalue weighted by atomic mass is 79.9. The maximum atomic E-state index is 13.3. The summed E-state index contributed by atoms with van der Waals surface area (Å²) in [6, 6.07) is 17.3. The van der Waals surface area contributed by atoms with Gasteiger partial charge in [0.25, 0.3) is 0 Å². The van der Waals surface area contributed by atoms with Crippen LogP contribution in [0, 0.1) is 0 Å². The highest BCUT2D eigenvalue weighted by molar-refractivity contribution is 9.10. The molecule has 3 aromatic rings. The fraction of sp³-hybridized carbons (Fsp3) is 0.710. The third-order valence-corrected chi connectivity index (χ3v) is 16.0. The number of benzene rings is 3. The van der Waals surface area contributed by atoms with Gasteiger partial charge >= 0.3 is 5.97 Å². The molecular weight excluding hydrogens is 901 g/mol.